The number of anilines is 1. The average Bonchev–Trinajstić information content (AvgIpc) is 3.30. The topological polar surface area (TPSA) is 107 Å². The van der Waals surface area contributed by atoms with Crippen LogP contribution in [-0.2, 0) is 6.54 Å². The molecule has 3 heterocycles. The third-order valence-corrected chi connectivity index (χ3v) is 4.50. The molecule has 0 atom stereocenters. The van der Waals surface area contributed by atoms with Crippen LogP contribution in [0.3, 0.4) is 0 Å². The Morgan fingerprint density at radius 1 is 1.35 bits per heavy atom. The third-order valence-electron chi connectivity index (χ3n) is 4.50. The first-order chi connectivity index (χ1) is 14.7. The van der Waals surface area contributed by atoms with E-state index in [-0.39, 0.29) is 12.1 Å². The molecule has 0 radical (unpaired) electrons. The summed E-state index contributed by atoms with van der Waals surface area (Å²) in [6.07, 6.45) is 6.25. The van der Waals surface area contributed by atoms with E-state index in [0.717, 1.165) is 0 Å². The number of nitrogens with one attached hydrogen (secondary N) is 1. The highest BCUT2D eigenvalue weighted by Gasteiger charge is 2.23. The molecule has 1 amide bonds. The Labute approximate surface area is 177 Å². The third kappa shape index (κ3) is 4.24. The number of aliphatic hydroxyl groups is 1. The lowest BCUT2D eigenvalue weighted by Crippen LogP contribution is -2.26. The Balaban J connectivity index is 1.77. The molecule has 0 aliphatic heterocycles. The Kier molecular flexibility index (Phi) is 5.15. The summed E-state index contributed by atoms with van der Waals surface area (Å²) in [7, 11) is 1.47. The Bertz CT molecular complexity index is 1260. The molecule has 1 aromatic carbocycles. The number of benzene rings is 1. The smallest absolute Gasteiger partial charge is 0.261 e. The maximum atomic E-state index is 14.0. The number of carbonyl (C=O) groups excluding carboxylic acids is 1. The van der Waals surface area contributed by atoms with Crippen LogP contribution in [0.2, 0.25) is 0 Å². The van der Waals surface area contributed by atoms with Crippen LogP contribution in [0.5, 0.6) is 5.75 Å². The molecule has 10 heteroatoms. The van der Waals surface area contributed by atoms with E-state index in [4.69, 9.17) is 4.74 Å². The summed E-state index contributed by atoms with van der Waals surface area (Å²) in [6.45, 7) is 3.44. The van der Waals surface area contributed by atoms with E-state index in [2.05, 4.69) is 20.5 Å². The zero-order valence-electron chi connectivity index (χ0n) is 17.2. The highest BCUT2D eigenvalue weighted by Crippen LogP contribution is 2.35. The van der Waals surface area contributed by atoms with Gasteiger partial charge >= 0.3 is 0 Å². The fourth-order valence-electron chi connectivity index (χ4n) is 3.23. The van der Waals surface area contributed by atoms with Crippen LogP contribution in [0.25, 0.3) is 16.9 Å². The molecular weight excluding hydrogens is 403 g/mol. The van der Waals surface area contributed by atoms with E-state index in [0.29, 0.717) is 28.3 Å². The number of rotatable bonds is 6. The summed E-state index contributed by atoms with van der Waals surface area (Å²) in [5.74, 6) is -0.534. The molecular formula is C21H21FN6O3. The number of nitrogens with zero attached hydrogens (tertiary/aromatic N) is 5. The van der Waals surface area contributed by atoms with Gasteiger partial charge in [-0.3, -0.25) is 9.48 Å². The zero-order valence-corrected chi connectivity index (χ0v) is 17.2. The van der Waals surface area contributed by atoms with Gasteiger partial charge in [-0.25, -0.2) is 13.9 Å². The number of aromatic nitrogens is 5. The number of carbonyl (C=O) groups is 1. The number of ether oxygens (including phenoxy) is 1. The molecule has 0 aliphatic carbocycles. The molecule has 0 spiro atoms. The molecule has 9 nitrogen and oxygen atoms in total. The quantitative estimate of drug-likeness (QED) is 0.493. The highest BCUT2D eigenvalue weighted by atomic mass is 19.1. The zero-order chi connectivity index (χ0) is 22.2. The van der Waals surface area contributed by atoms with E-state index in [1.807, 2.05) is 0 Å². The second-order valence-electron chi connectivity index (χ2n) is 7.65. The molecule has 0 unspecified atom stereocenters. The van der Waals surface area contributed by atoms with Gasteiger partial charge in [0.25, 0.3) is 5.91 Å². The van der Waals surface area contributed by atoms with Crippen LogP contribution in [0.15, 0.2) is 49.1 Å². The highest BCUT2D eigenvalue weighted by molar-refractivity contribution is 6.09. The molecule has 160 valence electrons. The standard InChI is InChI=1S/C21H21FN6O3/c1-21(2,30)12-27-11-16(18(26-27)14-9-13(22)5-6-17(14)31-3)25-20(29)15-10-24-28-8-4-7-23-19(15)28/h4-11,30H,12H2,1-3H3,(H,25,29). The number of hydrogen-bond acceptors (Lipinski definition) is 6. The second-order valence-corrected chi connectivity index (χ2v) is 7.65. The first-order valence-corrected chi connectivity index (χ1v) is 9.48. The van der Waals surface area contributed by atoms with Crippen molar-refractivity contribution in [3.63, 3.8) is 0 Å². The largest absolute Gasteiger partial charge is 0.496 e. The predicted octanol–water partition coefficient (Wildman–Crippen LogP) is 2.76. The summed E-state index contributed by atoms with van der Waals surface area (Å²) in [5.41, 5.74) is 0.613. The van der Waals surface area contributed by atoms with Crippen molar-refractivity contribution in [2.75, 3.05) is 12.4 Å². The van der Waals surface area contributed by atoms with Crippen LogP contribution in [0, 0.1) is 5.82 Å². The van der Waals surface area contributed by atoms with E-state index in [9.17, 15) is 14.3 Å². The van der Waals surface area contributed by atoms with Gasteiger partial charge in [0, 0.05) is 24.2 Å². The minimum absolute atomic E-state index is 0.159. The van der Waals surface area contributed by atoms with E-state index < -0.39 is 17.3 Å². The Morgan fingerprint density at radius 2 is 2.16 bits per heavy atom. The molecule has 2 N–H and O–H groups in total. The van der Waals surface area contributed by atoms with Gasteiger partial charge in [0.1, 0.15) is 22.8 Å². The number of halogens is 1. The number of amides is 1. The molecule has 31 heavy (non-hydrogen) atoms. The first-order valence-electron chi connectivity index (χ1n) is 9.48. The molecule has 4 rings (SSSR count). The van der Waals surface area contributed by atoms with Gasteiger partial charge in [-0.1, -0.05) is 0 Å². The first kappa shape index (κ1) is 20.5. The molecule has 0 saturated carbocycles. The summed E-state index contributed by atoms with van der Waals surface area (Å²) in [5, 5.41) is 21.6. The van der Waals surface area contributed by atoms with Gasteiger partial charge in [-0.15, -0.1) is 0 Å². The van der Waals surface area contributed by atoms with Gasteiger partial charge < -0.3 is 15.2 Å². The van der Waals surface area contributed by atoms with E-state index in [1.54, 1.807) is 38.5 Å². The molecule has 0 fully saturated rings. The average molecular weight is 424 g/mol. The van der Waals surface area contributed by atoms with E-state index >= 15 is 0 Å². The normalized spacial score (nSPS) is 11.6. The minimum Gasteiger partial charge on any atom is -0.496 e. The Hall–Kier alpha value is -3.79. The van der Waals surface area contributed by atoms with Crippen molar-refractivity contribution in [1.82, 2.24) is 24.4 Å². The second kappa shape index (κ2) is 7.80. The number of hydrogen-bond donors (Lipinski definition) is 2. The van der Waals surface area contributed by atoms with Gasteiger partial charge in [-0.05, 0) is 38.1 Å². The van der Waals surface area contributed by atoms with Crippen LogP contribution in [-0.4, -0.2) is 48.1 Å². The lowest BCUT2D eigenvalue weighted by atomic mass is 10.1. The lowest BCUT2D eigenvalue weighted by Gasteiger charge is -2.16. The van der Waals surface area contributed by atoms with Crippen molar-refractivity contribution in [3.05, 3.63) is 60.4 Å². The van der Waals surface area contributed by atoms with Crippen molar-refractivity contribution in [2.45, 2.75) is 26.0 Å². The van der Waals surface area contributed by atoms with Gasteiger partial charge in [-0.2, -0.15) is 10.2 Å². The fraction of sp³-hybridized carbons (Fsp3) is 0.238. The number of fused-ring (bicyclic) bond motifs is 1. The van der Waals surface area contributed by atoms with Gasteiger partial charge in [0.05, 0.1) is 31.1 Å². The van der Waals surface area contributed by atoms with Crippen molar-refractivity contribution in [3.8, 4) is 17.0 Å². The number of methoxy groups -OCH3 is 1. The summed E-state index contributed by atoms with van der Waals surface area (Å²) in [4.78, 5) is 17.2. The molecule has 0 saturated heterocycles. The maximum absolute atomic E-state index is 14.0. The minimum atomic E-state index is -1.05. The van der Waals surface area contributed by atoms with Gasteiger partial charge in [0.2, 0.25) is 0 Å². The van der Waals surface area contributed by atoms with E-state index in [1.165, 1.54) is 40.7 Å². The van der Waals surface area contributed by atoms with Crippen LogP contribution < -0.4 is 10.1 Å². The molecule has 0 bridgehead atoms. The summed E-state index contributed by atoms with van der Waals surface area (Å²) in [6, 6.07) is 5.75. The molecule has 3 aromatic heterocycles. The molecule has 0 aliphatic rings. The maximum Gasteiger partial charge on any atom is 0.261 e. The lowest BCUT2D eigenvalue weighted by molar-refractivity contribution is 0.0578. The SMILES string of the molecule is COc1ccc(F)cc1-c1nn(CC(C)(C)O)cc1NC(=O)c1cnn2cccnc12. The van der Waals surface area contributed by atoms with Crippen molar-refractivity contribution in [2.24, 2.45) is 0 Å². The monoisotopic (exact) mass is 424 g/mol. The predicted molar refractivity (Wildman–Crippen MR) is 111 cm³/mol. The summed E-state index contributed by atoms with van der Waals surface area (Å²) >= 11 is 0. The van der Waals surface area contributed by atoms with Crippen molar-refractivity contribution in [1.29, 1.82) is 0 Å². The van der Waals surface area contributed by atoms with Crippen molar-refractivity contribution >= 4 is 17.2 Å². The van der Waals surface area contributed by atoms with Crippen molar-refractivity contribution < 1.29 is 19.0 Å². The Morgan fingerprint density at radius 3 is 2.90 bits per heavy atom. The van der Waals surface area contributed by atoms with Crippen LogP contribution >= 0.6 is 0 Å². The van der Waals surface area contributed by atoms with Crippen LogP contribution in [0.1, 0.15) is 24.2 Å². The van der Waals surface area contributed by atoms with Crippen LogP contribution in [0.4, 0.5) is 10.1 Å². The molecule has 4 aromatic rings. The van der Waals surface area contributed by atoms with Gasteiger partial charge in [0.15, 0.2) is 5.65 Å². The summed E-state index contributed by atoms with van der Waals surface area (Å²) < 4.78 is 22.3. The fourth-order valence-corrected chi connectivity index (χ4v) is 3.23.